The first-order chi connectivity index (χ1) is 7.77. The minimum Gasteiger partial charge on any atom is -0.376 e. The average molecular weight is 230 g/mol. The Labute approximate surface area is 96.7 Å². The molecule has 1 aliphatic rings. The summed E-state index contributed by atoms with van der Waals surface area (Å²) < 4.78 is 10.5. The Morgan fingerprint density at radius 2 is 2.38 bits per heavy atom. The topological polar surface area (TPSA) is 73.6 Å². The van der Waals surface area contributed by atoms with Crippen LogP contribution in [0.25, 0.3) is 0 Å². The molecule has 2 atom stereocenters. The summed E-state index contributed by atoms with van der Waals surface area (Å²) in [7, 11) is 0. The van der Waals surface area contributed by atoms with Crippen molar-refractivity contribution in [3.63, 3.8) is 0 Å². The maximum atomic E-state index is 11.7. The van der Waals surface area contributed by atoms with Gasteiger partial charge in [-0.3, -0.25) is 4.79 Å². The van der Waals surface area contributed by atoms with Crippen LogP contribution in [-0.4, -0.2) is 44.9 Å². The zero-order valence-electron chi connectivity index (χ0n) is 9.91. The molecule has 5 heteroatoms. The highest BCUT2D eigenvalue weighted by atomic mass is 16.6. The van der Waals surface area contributed by atoms with Crippen molar-refractivity contribution in [3.8, 4) is 0 Å². The van der Waals surface area contributed by atoms with Crippen LogP contribution in [0, 0.1) is 5.92 Å². The summed E-state index contributed by atoms with van der Waals surface area (Å²) in [5.74, 6) is 0.383. The van der Waals surface area contributed by atoms with Crippen molar-refractivity contribution in [2.45, 2.75) is 25.9 Å². The molecular weight excluding hydrogens is 208 g/mol. The van der Waals surface area contributed by atoms with Crippen molar-refractivity contribution < 1.29 is 14.3 Å². The van der Waals surface area contributed by atoms with Gasteiger partial charge >= 0.3 is 0 Å². The second-order valence-corrected chi connectivity index (χ2v) is 4.03. The van der Waals surface area contributed by atoms with E-state index in [0.29, 0.717) is 38.8 Å². The fraction of sp³-hybridized carbons (Fsp3) is 0.909. The lowest BCUT2D eigenvalue weighted by atomic mass is 10.0. The van der Waals surface area contributed by atoms with Crippen LogP contribution in [-0.2, 0) is 14.3 Å². The second kappa shape index (κ2) is 7.60. The number of rotatable bonds is 6. The molecule has 0 aromatic heterocycles. The molecule has 94 valence electrons. The van der Waals surface area contributed by atoms with Crippen LogP contribution in [0.3, 0.4) is 0 Å². The quantitative estimate of drug-likeness (QED) is 0.668. The predicted molar refractivity (Wildman–Crippen MR) is 61.0 cm³/mol. The van der Waals surface area contributed by atoms with Gasteiger partial charge in [-0.15, -0.1) is 0 Å². The van der Waals surface area contributed by atoms with Crippen LogP contribution < -0.4 is 11.1 Å². The largest absolute Gasteiger partial charge is 0.376 e. The number of hydrogen-bond acceptors (Lipinski definition) is 4. The third-order valence-electron chi connectivity index (χ3n) is 2.83. The first-order valence-electron chi connectivity index (χ1n) is 5.95. The maximum absolute atomic E-state index is 11.7. The number of nitrogens with one attached hydrogen (secondary N) is 1. The van der Waals surface area contributed by atoms with E-state index in [1.165, 1.54) is 0 Å². The van der Waals surface area contributed by atoms with Gasteiger partial charge in [-0.25, -0.2) is 0 Å². The number of carbonyl (C=O) groups excluding carboxylic acids is 1. The first-order valence-corrected chi connectivity index (χ1v) is 5.95. The van der Waals surface area contributed by atoms with Crippen LogP contribution in [0.4, 0.5) is 0 Å². The lowest BCUT2D eigenvalue weighted by Crippen LogP contribution is -2.44. The van der Waals surface area contributed by atoms with E-state index in [2.05, 4.69) is 12.2 Å². The molecule has 1 heterocycles. The van der Waals surface area contributed by atoms with Crippen LogP contribution >= 0.6 is 0 Å². The monoisotopic (exact) mass is 230 g/mol. The Morgan fingerprint density at radius 3 is 2.94 bits per heavy atom. The smallest absolute Gasteiger partial charge is 0.251 e. The van der Waals surface area contributed by atoms with E-state index in [0.717, 1.165) is 12.8 Å². The van der Waals surface area contributed by atoms with E-state index < -0.39 is 6.10 Å². The van der Waals surface area contributed by atoms with Gasteiger partial charge in [0.05, 0.1) is 19.8 Å². The van der Waals surface area contributed by atoms with Gasteiger partial charge < -0.3 is 20.5 Å². The van der Waals surface area contributed by atoms with Gasteiger partial charge in [0.25, 0.3) is 5.91 Å². The van der Waals surface area contributed by atoms with Crippen molar-refractivity contribution in [1.82, 2.24) is 5.32 Å². The molecule has 16 heavy (non-hydrogen) atoms. The van der Waals surface area contributed by atoms with Gasteiger partial charge in [-0.05, 0) is 18.9 Å². The molecule has 5 nitrogen and oxygen atoms in total. The Kier molecular flexibility index (Phi) is 6.37. The standard InChI is InChI=1S/C11H22N2O3/c1-2-9(3-4-12)7-13-11(14)10-8-15-5-6-16-10/h9-10H,2-8,12H2,1H3,(H,13,14). The third kappa shape index (κ3) is 4.47. The van der Waals surface area contributed by atoms with Crippen molar-refractivity contribution in [2.75, 3.05) is 32.9 Å². The maximum Gasteiger partial charge on any atom is 0.251 e. The van der Waals surface area contributed by atoms with Crippen molar-refractivity contribution in [1.29, 1.82) is 0 Å². The van der Waals surface area contributed by atoms with Gasteiger partial charge in [0.2, 0.25) is 0 Å². The minimum absolute atomic E-state index is 0.0739. The van der Waals surface area contributed by atoms with Crippen LogP contribution in [0.5, 0.6) is 0 Å². The average Bonchev–Trinajstić information content (AvgIpc) is 2.35. The summed E-state index contributed by atoms with van der Waals surface area (Å²) in [5, 5.41) is 2.89. The number of carbonyl (C=O) groups is 1. The molecule has 1 saturated heterocycles. The van der Waals surface area contributed by atoms with Crippen molar-refractivity contribution in [3.05, 3.63) is 0 Å². The third-order valence-corrected chi connectivity index (χ3v) is 2.83. The SMILES string of the molecule is CCC(CCN)CNC(=O)C1COCCO1. The number of amides is 1. The van der Waals surface area contributed by atoms with Crippen LogP contribution in [0.2, 0.25) is 0 Å². The van der Waals surface area contributed by atoms with Gasteiger partial charge in [0, 0.05) is 6.54 Å². The lowest BCUT2D eigenvalue weighted by Gasteiger charge is -2.23. The highest BCUT2D eigenvalue weighted by Crippen LogP contribution is 2.06. The summed E-state index contributed by atoms with van der Waals surface area (Å²) >= 11 is 0. The number of hydrogen-bond donors (Lipinski definition) is 2. The number of ether oxygens (including phenoxy) is 2. The Morgan fingerprint density at radius 1 is 1.56 bits per heavy atom. The molecule has 0 bridgehead atoms. The predicted octanol–water partition coefficient (Wildman–Crippen LogP) is -0.107. The van der Waals surface area contributed by atoms with Crippen molar-refractivity contribution in [2.24, 2.45) is 11.7 Å². The molecule has 0 radical (unpaired) electrons. The fourth-order valence-corrected chi connectivity index (χ4v) is 1.68. The normalized spacial score (nSPS) is 22.8. The Bertz CT molecular complexity index is 205. The molecule has 1 fully saturated rings. The second-order valence-electron chi connectivity index (χ2n) is 4.03. The number of nitrogens with two attached hydrogens (primary N) is 1. The first kappa shape index (κ1) is 13.4. The molecule has 0 aliphatic carbocycles. The van der Waals surface area contributed by atoms with E-state index in [9.17, 15) is 4.79 Å². The Balaban J connectivity index is 2.22. The van der Waals surface area contributed by atoms with E-state index in [1.54, 1.807) is 0 Å². The molecule has 1 amide bonds. The minimum atomic E-state index is -0.441. The van der Waals surface area contributed by atoms with Crippen LogP contribution in [0.1, 0.15) is 19.8 Å². The molecule has 2 unspecified atom stereocenters. The lowest BCUT2D eigenvalue weighted by molar-refractivity contribution is -0.147. The van der Waals surface area contributed by atoms with E-state index in [1.807, 2.05) is 0 Å². The molecule has 0 saturated carbocycles. The zero-order valence-corrected chi connectivity index (χ0v) is 9.91. The molecular formula is C11H22N2O3. The van der Waals surface area contributed by atoms with E-state index in [-0.39, 0.29) is 5.91 Å². The zero-order chi connectivity index (χ0) is 11.8. The highest BCUT2D eigenvalue weighted by Gasteiger charge is 2.22. The summed E-state index contributed by atoms with van der Waals surface area (Å²) in [5.41, 5.74) is 5.50. The van der Waals surface area contributed by atoms with Gasteiger partial charge in [-0.2, -0.15) is 0 Å². The molecule has 3 N–H and O–H groups in total. The summed E-state index contributed by atoms with van der Waals surface area (Å²) in [4.78, 5) is 11.7. The fourth-order valence-electron chi connectivity index (χ4n) is 1.68. The van der Waals surface area contributed by atoms with Crippen molar-refractivity contribution >= 4 is 5.91 Å². The summed E-state index contributed by atoms with van der Waals surface area (Å²) in [6.45, 7) is 4.88. The molecule has 1 rings (SSSR count). The molecule has 1 aliphatic heterocycles. The molecule has 0 aromatic rings. The van der Waals surface area contributed by atoms with E-state index >= 15 is 0 Å². The molecule has 0 aromatic carbocycles. The van der Waals surface area contributed by atoms with Gasteiger partial charge in [-0.1, -0.05) is 13.3 Å². The Hall–Kier alpha value is -0.650. The van der Waals surface area contributed by atoms with Gasteiger partial charge in [0.1, 0.15) is 0 Å². The summed E-state index contributed by atoms with van der Waals surface area (Å²) in [6.07, 6.45) is 1.53. The van der Waals surface area contributed by atoms with E-state index in [4.69, 9.17) is 15.2 Å². The summed E-state index contributed by atoms with van der Waals surface area (Å²) in [6, 6.07) is 0. The van der Waals surface area contributed by atoms with Gasteiger partial charge in [0.15, 0.2) is 6.10 Å². The van der Waals surface area contributed by atoms with Crippen LogP contribution in [0.15, 0.2) is 0 Å². The highest BCUT2D eigenvalue weighted by molar-refractivity contribution is 5.80. The molecule has 0 spiro atoms.